The Hall–Kier alpha value is -3.61. The molecule has 0 aliphatic rings. The molecule has 0 aliphatic heterocycles. The van der Waals surface area contributed by atoms with Gasteiger partial charge in [-0.25, -0.2) is 4.79 Å². The highest BCUT2D eigenvalue weighted by Gasteiger charge is 2.07. The zero-order chi connectivity index (χ0) is 20.8. The number of amides is 3. The Balaban J connectivity index is 1.57. The first-order valence-electron chi connectivity index (χ1n) is 9.40. The van der Waals surface area contributed by atoms with Crippen LogP contribution in [0.2, 0.25) is 0 Å². The van der Waals surface area contributed by atoms with E-state index >= 15 is 0 Å². The van der Waals surface area contributed by atoms with E-state index in [4.69, 9.17) is 5.73 Å². The van der Waals surface area contributed by atoms with E-state index < -0.39 is 6.03 Å². The Morgan fingerprint density at radius 3 is 2.28 bits per heavy atom. The Labute approximate surface area is 169 Å². The second-order valence-electron chi connectivity index (χ2n) is 7.00. The summed E-state index contributed by atoms with van der Waals surface area (Å²) in [6.45, 7) is 5.49. The summed E-state index contributed by atoms with van der Waals surface area (Å²) in [5.41, 5.74) is 10.8. The van der Waals surface area contributed by atoms with Crippen molar-refractivity contribution in [1.82, 2.24) is 20.4 Å². The summed E-state index contributed by atoms with van der Waals surface area (Å²) in [5, 5.41) is 9.95. The lowest BCUT2D eigenvalue weighted by Gasteiger charge is -2.09. The fraction of sp³-hybridized carbons (Fsp3) is 0.227. The van der Waals surface area contributed by atoms with Crippen LogP contribution in [0.5, 0.6) is 0 Å². The Bertz CT molecular complexity index is 1010. The van der Waals surface area contributed by atoms with Crippen molar-refractivity contribution in [2.24, 2.45) is 5.73 Å². The maximum absolute atomic E-state index is 12.4. The summed E-state index contributed by atoms with van der Waals surface area (Å²) in [6, 6.07) is 16.6. The van der Waals surface area contributed by atoms with Crippen molar-refractivity contribution < 1.29 is 9.59 Å². The van der Waals surface area contributed by atoms with Crippen molar-refractivity contribution >= 4 is 11.9 Å². The van der Waals surface area contributed by atoms with Crippen LogP contribution in [0, 0.1) is 13.8 Å². The first kappa shape index (κ1) is 20.1. The number of nitrogens with zero attached hydrogens (tertiary/aromatic N) is 2. The molecular weight excluding hydrogens is 366 g/mol. The molecule has 0 atom stereocenters. The molecule has 3 amide bonds. The molecule has 0 saturated carbocycles. The lowest BCUT2D eigenvalue weighted by Crippen LogP contribution is -2.28. The van der Waals surface area contributed by atoms with Gasteiger partial charge in [-0.05, 0) is 48.7 Å². The molecule has 150 valence electrons. The highest BCUT2D eigenvalue weighted by Crippen LogP contribution is 2.11. The fourth-order valence-electron chi connectivity index (χ4n) is 3.09. The Kier molecular flexibility index (Phi) is 6.29. The summed E-state index contributed by atoms with van der Waals surface area (Å²) >= 11 is 0. The average Bonchev–Trinajstić information content (AvgIpc) is 3.02. The van der Waals surface area contributed by atoms with Gasteiger partial charge in [0.2, 0.25) is 0 Å². The van der Waals surface area contributed by atoms with Crippen LogP contribution in [-0.2, 0) is 19.6 Å². The molecule has 7 heteroatoms. The van der Waals surface area contributed by atoms with Crippen molar-refractivity contribution in [1.29, 1.82) is 0 Å². The van der Waals surface area contributed by atoms with Gasteiger partial charge in [-0.2, -0.15) is 5.10 Å². The maximum Gasteiger partial charge on any atom is 0.312 e. The topological polar surface area (TPSA) is 102 Å². The molecule has 3 aromatic rings. The molecule has 7 nitrogen and oxygen atoms in total. The monoisotopic (exact) mass is 391 g/mol. The Morgan fingerprint density at radius 2 is 1.62 bits per heavy atom. The summed E-state index contributed by atoms with van der Waals surface area (Å²) < 4.78 is 1.97. The van der Waals surface area contributed by atoms with E-state index in [1.54, 1.807) is 24.3 Å². The second-order valence-corrected chi connectivity index (χ2v) is 7.00. The third-order valence-corrected chi connectivity index (χ3v) is 4.56. The number of hydrogen-bond acceptors (Lipinski definition) is 3. The van der Waals surface area contributed by atoms with Crippen LogP contribution in [0.3, 0.4) is 0 Å². The van der Waals surface area contributed by atoms with Crippen LogP contribution in [0.4, 0.5) is 4.79 Å². The number of nitrogens with two attached hydrogens (primary N) is 1. The van der Waals surface area contributed by atoms with Crippen molar-refractivity contribution in [3.63, 3.8) is 0 Å². The van der Waals surface area contributed by atoms with Crippen molar-refractivity contribution in [2.45, 2.75) is 33.5 Å². The van der Waals surface area contributed by atoms with Gasteiger partial charge >= 0.3 is 6.03 Å². The average molecular weight is 391 g/mol. The number of urea groups is 1. The molecule has 3 rings (SSSR count). The third kappa shape index (κ3) is 5.68. The number of aromatic nitrogens is 2. The molecule has 1 heterocycles. The Morgan fingerprint density at radius 1 is 0.931 bits per heavy atom. The van der Waals surface area contributed by atoms with Crippen LogP contribution in [0.1, 0.15) is 38.4 Å². The van der Waals surface area contributed by atoms with Gasteiger partial charge in [-0.3, -0.25) is 9.48 Å². The van der Waals surface area contributed by atoms with Gasteiger partial charge in [0, 0.05) is 24.3 Å². The summed E-state index contributed by atoms with van der Waals surface area (Å²) in [6.07, 6.45) is 0. The van der Waals surface area contributed by atoms with E-state index in [0.29, 0.717) is 25.2 Å². The molecule has 2 aromatic carbocycles. The molecule has 0 aliphatic carbocycles. The lowest BCUT2D eigenvalue weighted by atomic mass is 10.1. The minimum Gasteiger partial charge on any atom is -0.352 e. The number of hydrogen-bond donors (Lipinski definition) is 3. The number of nitrogens with one attached hydrogen (secondary N) is 2. The molecule has 1 aromatic heterocycles. The number of rotatable bonds is 7. The van der Waals surface area contributed by atoms with Crippen LogP contribution in [0.25, 0.3) is 0 Å². The molecular formula is C22H25N5O2. The zero-order valence-corrected chi connectivity index (χ0v) is 16.6. The highest BCUT2D eigenvalue weighted by molar-refractivity contribution is 5.94. The standard InChI is InChI=1S/C22H25N5O2/c1-15-10-16(2)27(26-15)14-19-5-3-4-18(11-19)13-24-21(28)20-8-6-17(7-9-20)12-25-22(23)29/h3-11H,12-14H2,1-2H3,(H,24,28)(H3,23,25,29). The van der Waals surface area contributed by atoms with Crippen LogP contribution >= 0.6 is 0 Å². The minimum absolute atomic E-state index is 0.150. The van der Waals surface area contributed by atoms with Gasteiger partial charge in [-0.15, -0.1) is 0 Å². The summed E-state index contributed by atoms with van der Waals surface area (Å²) in [5.74, 6) is -0.150. The third-order valence-electron chi connectivity index (χ3n) is 4.56. The van der Waals surface area contributed by atoms with E-state index in [1.807, 2.05) is 30.7 Å². The fourth-order valence-corrected chi connectivity index (χ4v) is 3.09. The number of benzene rings is 2. The molecule has 0 radical (unpaired) electrons. The van der Waals surface area contributed by atoms with Crippen LogP contribution in [-0.4, -0.2) is 21.7 Å². The molecule has 0 unspecified atom stereocenters. The van der Waals surface area contributed by atoms with Gasteiger partial charge in [0.25, 0.3) is 5.91 Å². The van der Waals surface area contributed by atoms with E-state index in [0.717, 1.165) is 28.1 Å². The maximum atomic E-state index is 12.4. The van der Waals surface area contributed by atoms with E-state index in [1.165, 1.54) is 0 Å². The van der Waals surface area contributed by atoms with Crippen LogP contribution in [0.15, 0.2) is 54.6 Å². The number of carbonyl (C=O) groups excluding carboxylic acids is 2. The van der Waals surface area contributed by atoms with E-state index in [9.17, 15) is 9.59 Å². The predicted octanol–water partition coefficient (Wildman–Crippen LogP) is 2.65. The number of aryl methyl sites for hydroxylation is 2. The van der Waals surface area contributed by atoms with Gasteiger partial charge in [-0.1, -0.05) is 36.4 Å². The van der Waals surface area contributed by atoms with E-state index in [2.05, 4.69) is 33.9 Å². The molecule has 29 heavy (non-hydrogen) atoms. The lowest BCUT2D eigenvalue weighted by molar-refractivity contribution is 0.0951. The van der Waals surface area contributed by atoms with Gasteiger partial charge < -0.3 is 16.4 Å². The quantitative estimate of drug-likeness (QED) is 0.577. The van der Waals surface area contributed by atoms with Gasteiger partial charge in [0.05, 0.1) is 12.2 Å². The number of carbonyl (C=O) groups is 2. The van der Waals surface area contributed by atoms with Crippen molar-refractivity contribution in [2.75, 3.05) is 0 Å². The molecule has 0 spiro atoms. The second kappa shape index (κ2) is 9.05. The van der Waals surface area contributed by atoms with Gasteiger partial charge in [0.1, 0.15) is 0 Å². The van der Waals surface area contributed by atoms with Crippen molar-refractivity contribution in [3.8, 4) is 0 Å². The first-order valence-corrected chi connectivity index (χ1v) is 9.40. The van der Waals surface area contributed by atoms with Crippen molar-refractivity contribution in [3.05, 3.63) is 88.2 Å². The predicted molar refractivity (Wildman–Crippen MR) is 111 cm³/mol. The molecule has 4 N–H and O–H groups in total. The normalized spacial score (nSPS) is 10.6. The zero-order valence-electron chi connectivity index (χ0n) is 16.6. The smallest absolute Gasteiger partial charge is 0.312 e. The summed E-state index contributed by atoms with van der Waals surface area (Å²) in [7, 11) is 0. The highest BCUT2D eigenvalue weighted by atomic mass is 16.2. The summed E-state index contributed by atoms with van der Waals surface area (Å²) in [4.78, 5) is 23.2. The van der Waals surface area contributed by atoms with Crippen LogP contribution < -0.4 is 16.4 Å². The van der Waals surface area contributed by atoms with Gasteiger partial charge in [0.15, 0.2) is 0 Å². The molecule has 0 bridgehead atoms. The largest absolute Gasteiger partial charge is 0.352 e. The SMILES string of the molecule is Cc1cc(C)n(Cc2cccc(CNC(=O)c3ccc(CNC(N)=O)cc3)c2)n1. The molecule has 0 fully saturated rings. The minimum atomic E-state index is -0.577. The number of primary amides is 1. The van der Waals surface area contributed by atoms with E-state index in [-0.39, 0.29) is 5.91 Å². The molecule has 0 saturated heterocycles. The first-order chi connectivity index (χ1) is 13.9.